The summed E-state index contributed by atoms with van der Waals surface area (Å²) in [5, 5.41) is 43.2. The van der Waals surface area contributed by atoms with Gasteiger partial charge in [0.15, 0.2) is 11.3 Å². The predicted octanol–water partition coefficient (Wildman–Crippen LogP) is 16.6. The van der Waals surface area contributed by atoms with Gasteiger partial charge in [0.25, 0.3) is 6.54 Å². The van der Waals surface area contributed by atoms with Gasteiger partial charge in [0, 0.05) is 154 Å². The number of carbonyl (C=O) groups excluding carboxylic acids is 2. The largest absolute Gasteiger partial charge is 0.448 e. The number of ether oxygens (including phenoxy) is 8. The number of halogens is 2. The van der Waals surface area contributed by atoms with Crippen LogP contribution in [0.1, 0.15) is 146 Å². The third-order valence-corrected chi connectivity index (χ3v) is 28.0. The smallest absolute Gasteiger partial charge is 0.407 e. The molecule has 0 spiro atoms. The lowest BCUT2D eigenvalue weighted by molar-refractivity contribution is 0.0469. The van der Waals surface area contributed by atoms with Crippen LogP contribution in [0.25, 0.3) is 51.1 Å². The van der Waals surface area contributed by atoms with Crippen LogP contribution >= 0.6 is 128 Å². The summed E-state index contributed by atoms with van der Waals surface area (Å²) < 4.78 is 41.8. The summed E-state index contributed by atoms with van der Waals surface area (Å²) >= 11 is 37.0. The fraction of sp³-hybridized carbons (Fsp3) is 0.571. The van der Waals surface area contributed by atoms with Crippen molar-refractivity contribution in [1.82, 2.24) is 21.3 Å². The van der Waals surface area contributed by atoms with Crippen LogP contribution in [-0.4, -0.2) is 243 Å². The number of aliphatic hydroxyl groups excluding tert-OH is 2. The van der Waals surface area contributed by atoms with Crippen molar-refractivity contribution in [1.29, 1.82) is 5.26 Å². The number of hydrogen-bond acceptors (Lipinski definition) is 26. The number of aliphatic hydroxyl groups is 2. The minimum atomic E-state index is -0.455. The second-order valence-corrected chi connectivity index (χ2v) is 37.2. The van der Waals surface area contributed by atoms with Gasteiger partial charge in [-0.2, -0.15) is 5.26 Å². The lowest BCUT2D eigenvalue weighted by Crippen LogP contribution is -2.31. The highest BCUT2D eigenvalue weighted by molar-refractivity contribution is 7.81. The highest BCUT2D eigenvalue weighted by atomic mass is 35.5. The Bertz CT molecular complexity index is 4270. The number of thiocarbonyl (C=S) groups is 3. The zero-order valence-corrected chi connectivity index (χ0v) is 79.1. The number of hydrogen-bond donors (Lipinski definition) is 7. The van der Waals surface area contributed by atoms with Crippen molar-refractivity contribution in [2.75, 3.05) is 220 Å². The molecular weight excluding hydrogens is 1710 g/mol. The summed E-state index contributed by atoms with van der Waals surface area (Å²) in [6.45, 7) is 39.4. The summed E-state index contributed by atoms with van der Waals surface area (Å²) in [5.74, 6) is 1.49. The van der Waals surface area contributed by atoms with E-state index in [4.69, 9.17) is 122 Å². The van der Waals surface area contributed by atoms with Gasteiger partial charge in [0.1, 0.15) is 22.7 Å². The Labute approximate surface area is 749 Å². The van der Waals surface area contributed by atoms with Crippen molar-refractivity contribution in [2.24, 2.45) is 5.73 Å². The Kier molecular flexibility index (Phi) is 48.4. The number of amides is 1. The Balaban J connectivity index is 0.000000290. The molecule has 0 fully saturated rings. The van der Waals surface area contributed by atoms with Gasteiger partial charge in [-0.05, 0) is 108 Å². The van der Waals surface area contributed by atoms with Gasteiger partial charge < -0.3 is 94.7 Å². The quantitative estimate of drug-likeness (QED) is 0.00356. The first-order chi connectivity index (χ1) is 56.8. The van der Waals surface area contributed by atoms with E-state index in [1.807, 2.05) is 39.4 Å². The standard InChI is InChI=1S/C32H45ClN4O5S3.C21H25N3O2S3.C15H17NO2S2.C10H22ClNO2.C6H10N2OS/c1-32(2)25-20-24(19-23(22-34)30(43)35-10-14-39-4)44-28(25)29-26(32)21-27(45-29)37(3)12-16-42-31(38)36-11-15-41-18-17-40-13-8-6-5-7-9-33;1-21(2)14-10-13(11-16(22-3)20(27)23-6-9-26-5)28-18(14)19-15(21)12-17(29-19)24(4)7-8-25;1-15(2)10-6-9(8-18)19-13(10)14-11(15)7-12(20-14)16(3)4-5-17;11-5-3-1-2-4-7-13-9-10-14-8-6-12;1-7-5-6(10)8-3-4-9-2/h19-21H,5-18H2,1-4H3,(H,35,43)(H,36,38);10-12,25H,6-9H2,1-2,4-5H3,(H,23,27);6-8,17H,4-5H2,1-3H3;1-10,12H2;3-5H2,2H3,(H,8,10)/b23-19+;16-11-;;;. The number of nitrogens with two attached hydrogens (primary N) is 1. The number of nitrogens with one attached hydrogen (secondary N) is 4. The molecular formula is C84H119Cl2N11O12S9. The summed E-state index contributed by atoms with van der Waals surface area (Å²) in [4.78, 5) is 48.0. The molecule has 6 heterocycles. The first-order valence-electron chi connectivity index (χ1n) is 39.3. The van der Waals surface area contributed by atoms with Crippen LogP contribution in [0.4, 0.5) is 19.8 Å². The molecule has 118 heavy (non-hydrogen) atoms. The lowest BCUT2D eigenvalue weighted by atomic mass is 9.84. The number of aldehydes is 1. The van der Waals surface area contributed by atoms with E-state index >= 15 is 0 Å². The Hall–Kier alpha value is -5.66. The first-order valence-corrected chi connectivity index (χ1v) is 46.5. The molecule has 650 valence electrons. The molecule has 0 aromatic carbocycles. The summed E-state index contributed by atoms with van der Waals surface area (Å²) in [5.41, 5.74) is 13.6. The second kappa shape index (κ2) is 55.5. The second-order valence-electron chi connectivity index (χ2n) is 28.8. The van der Waals surface area contributed by atoms with Gasteiger partial charge in [-0.3, -0.25) is 4.79 Å². The van der Waals surface area contributed by atoms with Gasteiger partial charge in [-0.1, -0.05) is 104 Å². The van der Waals surface area contributed by atoms with Crippen LogP contribution in [0.15, 0.2) is 47.7 Å². The van der Waals surface area contributed by atoms with Crippen molar-refractivity contribution >= 4 is 182 Å². The topological polar surface area (TPSA) is 265 Å². The number of fused-ring (bicyclic) bond motifs is 9. The molecule has 8 N–H and O–H groups in total. The van der Waals surface area contributed by atoms with Crippen molar-refractivity contribution in [3.05, 3.63) is 119 Å². The van der Waals surface area contributed by atoms with E-state index in [9.17, 15) is 20.0 Å². The molecule has 9 rings (SSSR count). The molecule has 34 heteroatoms. The minimum absolute atomic E-state index is 0.0444. The van der Waals surface area contributed by atoms with Gasteiger partial charge in [0.05, 0.1) is 126 Å². The fourth-order valence-corrected chi connectivity index (χ4v) is 21.3. The Morgan fingerprint density at radius 1 is 0.517 bits per heavy atom. The molecule has 6 aromatic heterocycles. The molecule has 0 atom stereocenters. The average molecular weight is 1830 g/mol. The van der Waals surface area contributed by atoms with E-state index in [0.717, 1.165) is 89.4 Å². The lowest BCUT2D eigenvalue weighted by Gasteiger charge is -2.20. The molecule has 3 aliphatic rings. The van der Waals surface area contributed by atoms with E-state index in [-0.39, 0.29) is 42.6 Å². The number of carbonyl (C=O) groups is 2. The van der Waals surface area contributed by atoms with Gasteiger partial charge in [-0.15, -0.1) is 91.2 Å². The summed E-state index contributed by atoms with van der Waals surface area (Å²) in [7, 11) is 10.9. The molecule has 0 saturated heterocycles. The Morgan fingerprint density at radius 2 is 0.898 bits per heavy atom. The number of likely N-dealkylation sites (N-methyl/N-ethyl adjacent to an activating group) is 3. The first kappa shape index (κ1) is 103. The number of rotatable bonds is 48. The number of methoxy groups -OCH3 is 3. The van der Waals surface area contributed by atoms with Crippen LogP contribution in [0.5, 0.6) is 0 Å². The monoisotopic (exact) mass is 1830 g/mol. The molecule has 0 unspecified atom stereocenters. The normalized spacial score (nSPS) is 13.1. The highest BCUT2D eigenvalue weighted by Crippen LogP contribution is 2.60. The van der Waals surface area contributed by atoms with Gasteiger partial charge >= 0.3 is 6.09 Å². The molecule has 1 amide bonds. The van der Waals surface area contributed by atoms with E-state index < -0.39 is 6.09 Å². The van der Waals surface area contributed by atoms with E-state index in [1.165, 1.54) is 85.5 Å². The van der Waals surface area contributed by atoms with Crippen LogP contribution in [0, 0.1) is 24.5 Å². The number of nitrogens with zero attached hydrogens (tertiary/aromatic N) is 6. The minimum Gasteiger partial charge on any atom is -0.448 e. The van der Waals surface area contributed by atoms with Crippen LogP contribution < -0.4 is 41.7 Å². The number of nitriles is 1. The highest BCUT2D eigenvalue weighted by Gasteiger charge is 2.42. The molecule has 0 bridgehead atoms. The number of anilines is 3. The SMILES string of the molecule is CN(CCO)c1cc2c(s1)-c1sc(C=O)cc1C2(C)C.COCCNC(=S)/C(C#N)=C/c1cc2c(s1)-c1sc(N(C)CCOC(=O)NCCOCCOCCCCCCCl)cc1C2(C)C.NCCOCCOCCCCCCCl.[C-]#[N+]/C(=C\c1cc2c(s1)-c1sc(N(C)CCO)cc1C2(C)C)C(=S)NCCOC.[C-]#[N+]CC(=S)NCCOC. The number of alkyl carbamates (subject to hydrolysis) is 1. The third-order valence-electron chi connectivity index (χ3n) is 19.0. The maximum atomic E-state index is 12.1. The van der Waals surface area contributed by atoms with E-state index in [0.29, 0.717) is 138 Å². The Morgan fingerprint density at radius 3 is 1.31 bits per heavy atom. The van der Waals surface area contributed by atoms with Crippen molar-refractivity contribution in [3.8, 4) is 35.3 Å². The number of alkyl halides is 2. The van der Waals surface area contributed by atoms with Crippen LogP contribution in [-0.2, 0) is 54.1 Å². The summed E-state index contributed by atoms with van der Waals surface area (Å²) in [6.07, 6.45) is 13.2. The zero-order chi connectivity index (χ0) is 86.6. The predicted molar refractivity (Wildman–Crippen MR) is 506 cm³/mol. The molecule has 23 nitrogen and oxygen atoms in total. The average Bonchev–Trinajstić information content (AvgIpc) is 1.58. The number of thiophene rings is 6. The number of unbranched alkanes of at least 4 members (excludes halogenated alkanes) is 6. The zero-order valence-electron chi connectivity index (χ0n) is 70.2. The maximum Gasteiger partial charge on any atom is 0.407 e. The molecule has 6 aromatic rings. The molecule has 0 saturated carbocycles. The van der Waals surface area contributed by atoms with Gasteiger partial charge in [0.2, 0.25) is 5.70 Å². The molecule has 0 aliphatic heterocycles. The van der Waals surface area contributed by atoms with Crippen molar-refractivity contribution < 1.29 is 57.7 Å². The van der Waals surface area contributed by atoms with E-state index in [2.05, 4.69) is 124 Å². The maximum absolute atomic E-state index is 12.1. The van der Waals surface area contributed by atoms with E-state index in [1.54, 1.807) is 89.4 Å². The molecule has 3 aliphatic carbocycles. The molecule has 0 radical (unpaired) electrons. The van der Waals surface area contributed by atoms with Crippen LogP contribution in [0.3, 0.4) is 0 Å². The van der Waals surface area contributed by atoms with Crippen molar-refractivity contribution in [3.63, 3.8) is 0 Å². The van der Waals surface area contributed by atoms with Crippen molar-refractivity contribution in [2.45, 2.75) is 109 Å². The summed E-state index contributed by atoms with van der Waals surface area (Å²) in [6, 6.07) is 15.3. The fourth-order valence-electron chi connectivity index (χ4n) is 12.3. The van der Waals surface area contributed by atoms with Crippen LogP contribution in [0.2, 0.25) is 0 Å². The van der Waals surface area contributed by atoms with Gasteiger partial charge in [-0.25, -0.2) is 16.2 Å². The third kappa shape index (κ3) is 31.9.